The summed E-state index contributed by atoms with van der Waals surface area (Å²) in [6.07, 6.45) is 1.40. The number of nitrogens with zero attached hydrogens (tertiary/aromatic N) is 4. The van der Waals surface area contributed by atoms with Crippen LogP contribution >= 0.6 is 0 Å². The fraction of sp³-hybridized carbons (Fsp3) is 0.0476. The smallest absolute Gasteiger partial charge is 0.271 e. The van der Waals surface area contributed by atoms with E-state index in [9.17, 15) is 24.9 Å². The first-order chi connectivity index (χ1) is 14.8. The standard InChI is InChI=1S/C21H15N5O5/c1-12(27)13-2-4-14(5-3-13)21(28)23-15-6-8-18(22-11-15)20-24-17-9-7-16(26(30)31)10-19(17)25(20)29/h2-11,29H,1H3,(H,23,28). The number of carbonyl (C=O) groups excluding carboxylic acids is 2. The Bertz CT molecular complexity index is 1330. The molecular weight excluding hydrogens is 402 g/mol. The quantitative estimate of drug-likeness (QED) is 0.218. The van der Waals surface area contributed by atoms with Gasteiger partial charge in [0.15, 0.2) is 11.6 Å². The van der Waals surface area contributed by atoms with Crippen LogP contribution in [0.5, 0.6) is 0 Å². The molecule has 10 nitrogen and oxygen atoms in total. The minimum absolute atomic E-state index is 0.0868. The van der Waals surface area contributed by atoms with Gasteiger partial charge in [-0.2, -0.15) is 4.73 Å². The van der Waals surface area contributed by atoms with E-state index in [1.54, 1.807) is 36.4 Å². The van der Waals surface area contributed by atoms with Crippen molar-refractivity contribution < 1.29 is 19.7 Å². The molecule has 4 aromatic rings. The van der Waals surface area contributed by atoms with Crippen LogP contribution in [0.25, 0.3) is 22.6 Å². The Morgan fingerprint density at radius 1 is 1.06 bits per heavy atom. The van der Waals surface area contributed by atoms with Gasteiger partial charge >= 0.3 is 0 Å². The molecule has 0 radical (unpaired) electrons. The van der Waals surface area contributed by atoms with E-state index in [1.807, 2.05) is 0 Å². The number of ketones is 1. The van der Waals surface area contributed by atoms with Crippen molar-refractivity contribution >= 4 is 34.1 Å². The molecule has 10 heteroatoms. The molecule has 0 aliphatic rings. The van der Waals surface area contributed by atoms with Gasteiger partial charge in [0.25, 0.3) is 11.6 Å². The maximum absolute atomic E-state index is 12.4. The van der Waals surface area contributed by atoms with Gasteiger partial charge < -0.3 is 10.5 Å². The molecule has 154 valence electrons. The molecule has 0 unspecified atom stereocenters. The lowest BCUT2D eigenvalue weighted by molar-refractivity contribution is -0.384. The number of nitro benzene ring substituents is 1. The normalized spacial score (nSPS) is 10.7. The van der Waals surface area contributed by atoms with E-state index in [4.69, 9.17) is 0 Å². The largest absolute Gasteiger partial charge is 0.426 e. The number of benzene rings is 2. The average molecular weight is 417 g/mol. The summed E-state index contributed by atoms with van der Waals surface area (Å²) in [5, 5.41) is 24.0. The van der Waals surface area contributed by atoms with Crippen molar-refractivity contribution in [2.24, 2.45) is 0 Å². The molecule has 2 aromatic heterocycles. The summed E-state index contributed by atoms with van der Waals surface area (Å²) in [5.74, 6) is -0.351. The summed E-state index contributed by atoms with van der Waals surface area (Å²) in [5.41, 5.74) is 2.00. The number of hydrogen-bond donors (Lipinski definition) is 2. The van der Waals surface area contributed by atoms with Crippen LogP contribution < -0.4 is 5.32 Å². The van der Waals surface area contributed by atoms with E-state index >= 15 is 0 Å². The van der Waals surface area contributed by atoms with Crippen molar-refractivity contribution in [3.8, 4) is 11.5 Å². The van der Waals surface area contributed by atoms with Gasteiger partial charge in [-0.25, -0.2) is 4.98 Å². The van der Waals surface area contributed by atoms with Crippen LogP contribution in [0.3, 0.4) is 0 Å². The predicted molar refractivity (Wildman–Crippen MR) is 111 cm³/mol. The van der Waals surface area contributed by atoms with Crippen molar-refractivity contribution in [2.75, 3.05) is 5.32 Å². The molecule has 2 heterocycles. The SMILES string of the molecule is CC(=O)c1ccc(C(=O)Nc2ccc(-c3nc4ccc([N+](=O)[O-])cc4n3O)nc2)cc1. The summed E-state index contributed by atoms with van der Waals surface area (Å²) in [6, 6.07) is 13.4. The molecule has 4 rings (SSSR count). The number of non-ortho nitro benzene ring substituents is 1. The number of nitrogens with one attached hydrogen (secondary N) is 1. The number of aromatic nitrogens is 3. The van der Waals surface area contributed by atoms with E-state index in [2.05, 4.69) is 15.3 Å². The molecular formula is C21H15N5O5. The van der Waals surface area contributed by atoms with Gasteiger partial charge in [-0.15, -0.1) is 0 Å². The summed E-state index contributed by atoms with van der Waals surface area (Å²) in [7, 11) is 0. The van der Waals surface area contributed by atoms with Gasteiger partial charge in [0.1, 0.15) is 11.2 Å². The molecule has 0 spiro atoms. The average Bonchev–Trinajstić information content (AvgIpc) is 3.10. The van der Waals surface area contributed by atoms with E-state index in [0.29, 0.717) is 28.0 Å². The molecule has 31 heavy (non-hydrogen) atoms. The van der Waals surface area contributed by atoms with E-state index in [-0.39, 0.29) is 28.7 Å². The summed E-state index contributed by atoms with van der Waals surface area (Å²) in [6.45, 7) is 1.45. The number of carbonyl (C=O) groups is 2. The van der Waals surface area contributed by atoms with Gasteiger partial charge in [0, 0.05) is 23.3 Å². The lowest BCUT2D eigenvalue weighted by Gasteiger charge is -2.06. The number of Topliss-reactive ketones (excluding diaryl/α,β-unsaturated/α-hetero) is 1. The number of imidazole rings is 1. The molecule has 2 N–H and O–H groups in total. The van der Waals surface area contributed by atoms with Crippen LogP contribution in [0.15, 0.2) is 60.8 Å². The summed E-state index contributed by atoms with van der Waals surface area (Å²) >= 11 is 0. The molecule has 2 aromatic carbocycles. The Labute approximate surface area is 174 Å². The first-order valence-electron chi connectivity index (χ1n) is 9.08. The number of nitro groups is 1. The highest BCUT2D eigenvalue weighted by Gasteiger charge is 2.17. The first kappa shape index (κ1) is 19.7. The Morgan fingerprint density at radius 3 is 2.39 bits per heavy atom. The third-order valence-electron chi connectivity index (χ3n) is 4.63. The van der Waals surface area contributed by atoms with Crippen LogP contribution in [0.1, 0.15) is 27.6 Å². The second kappa shape index (κ2) is 7.67. The highest BCUT2D eigenvalue weighted by Crippen LogP contribution is 2.26. The Hall–Kier alpha value is -4.60. The number of pyridine rings is 1. The lowest BCUT2D eigenvalue weighted by atomic mass is 10.1. The highest BCUT2D eigenvalue weighted by atomic mass is 16.6. The van der Waals surface area contributed by atoms with Crippen molar-refractivity contribution in [2.45, 2.75) is 6.92 Å². The van der Waals surface area contributed by atoms with Crippen LogP contribution in [0.2, 0.25) is 0 Å². The minimum atomic E-state index is -0.560. The van der Waals surface area contributed by atoms with Gasteiger partial charge in [0.2, 0.25) is 0 Å². The summed E-state index contributed by atoms with van der Waals surface area (Å²) in [4.78, 5) is 42.6. The molecule has 0 saturated carbocycles. The summed E-state index contributed by atoms with van der Waals surface area (Å²) < 4.78 is 0.736. The topological polar surface area (TPSA) is 140 Å². The number of hydrogen-bond acceptors (Lipinski definition) is 7. The van der Waals surface area contributed by atoms with E-state index in [0.717, 1.165) is 4.73 Å². The third kappa shape index (κ3) is 3.81. The van der Waals surface area contributed by atoms with Crippen molar-refractivity contribution in [1.29, 1.82) is 0 Å². The maximum atomic E-state index is 12.4. The fourth-order valence-corrected chi connectivity index (χ4v) is 2.99. The Morgan fingerprint density at radius 2 is 1.77 bits per heavy atom. The Balaban J connectivity index is 1.55. The van der Waals surface area contributed by atoms with Crippen molar-refractivity contribution in [3.05, 3.63) is 82.0 Å². The van der Waals surface area contributed by atoms with Crippen LogP contribution in [0.4, 0.5) is 11.4 Å². The number of fused-ring (bicyclic) bond motifs is 1. The van der Waals surface area contributed by atoms with E-state index in [1.165, 1.54) is 31.3 Å². The molecule has 0 fully saturated rings. The Kier molecular flexibility index (Phi) is 4.88. The van der Waals surface area contributed by atoms with Crippen LogP contribution in [0, 0.1) is 10.1 Å². The van der Waals surface area contributed by atoms with Crippen molar-refractivity contribution in [3.63, 3.8) is 0 Å². The van der Waals surface area contributed by atoms with Crippen molar-refractivity contribution in [1.82, 2.24) is 14.7 Å². The maximum Gasteiger partial charge on any atom is 0.271 e. The zero-order valence-corrected chi connectivity index (χ0v) is 16.1. The molecule has 0 aliphatic carbocycles. The van der Waals surface area contributed by atoms with E-state index < -0.39 is 4.92 Å². The van der Waals surface area contributed by atoms with Gasteiger partial charge in [-0.1, -0.05) is 12.1 Å². The molecule has 0 atom stereocenters. The zero-order chi connectivity index (χ0) is 22.1. The predicted octanol–water partition coefficient (Wildman–Crippen LogP) is 3.70. The zero-order valence-electron chi connectivity index (χ0n) is 16.1. The molecule has 0 aliphatic heterocycles. The second-order valence-corrected chi connectivity index (χ2v) is 6.70. The van der Waals surface area contributed by atoms with Crippen LogP contribution in [-0.4, -0.2) is 36.5 Å². The number of amides is 1. The third-order valence-corrected chi connectivity index (χ3v) is 4.63. The highest BCUT2D eigenvalue weighted by molar-refractivity contribution is 6.05. The molecule has 0 saturated heterocycles. The minimum Gasteiger partial charge on any atom is -0.426 e. The van der Waals surface area contributed by atoms with Crippen LogP contribution in [-0.2, 0) is 0 Å². The van der Waals surface area contributed by atoms with Gasteiger partial charge in [-0.05, 0) is 37.3 Å². The molecule has 1 amide bonds. The van der Waals surface area contributed by atoms with Gasteiger partial charge in [-0.3, -0.25) is 24.7 Å². The number of rotatable bonds is 5. The molecule has 0 bridgehead atoms. The number of anilines is 1. The first-order valence-corrected chi connectivity index (χ1v) is 9.08. The van der Waals surface area contributed by atoms with Gasteiger partial charge in [0.05, 0.1) is 22.3 Å². The fourth-order valence-electron chi connectivity index (χ4n) is 2.99. The monoisotopic (exact) mass is 417 g/mol. The second-order valence-electron chi connectivity index (χ2n) is 6.70. The lowest BCUT2D eigenvalue weighted by Crippen LogP contribution is -2.12.